The molecular formula is C21H28Cl2F2N2. The Hall–Kier alpha value is -1.36. The highest BCUT2D eigenvalue weighted by molar-refractivity contribution is 5.85. The van der Waals surface area contributed by atoms with Gasteiger partial charge in [-0.2, -0.15) is 0 Å². The highest BCUT2D eigenvalue weighted by Crippen LogP contribution is 2.21. The first-order chi connectivity index (χ1) is 12.2. The molecular weight excluding hydrogens is 389 g/mol. The highest BCUT2D eigenvalue weighted by Gasteiger charge is 2.18. The van der Waals surface area contributed by atoms with E-state index in [0.717, 1.165) is 44.6 Å². The first kappa shape index (κ1) is 23.7. The van der Waals surface area contributed by atoms with Gasteiger partial charge in [0.05, 0.1) is 0 Å². The van der Waals surface area contributed by atoms with Gasteiger partial charge in [0, 0.05) is 12.2 Å². The van der Waals surface area contributed by atoms with Crippen LogP contribution in [0.1, 0.15) is 24.8 Å². The van der Waals surface area contributed by atoms with Crippen LogP contribution in [-0.4, -0.2) is 31.1 Å². The van der Waals surface area contributed by atoms with Gasteiger partial charge in [-0.3, -0.25) is 0 Å². The molecule has 2 nitrogen and oxygen atoms in total. The number of rotatable bonds is 7. The fraction of sp³-hybridized carbons (Fsp3) is 0.429. The second-order valence-corrected chi connectivity index (χ2v) is 6.88. The Morgan fingerprint density at radius 2 is 1.63 bits per heavy atom. The van der Waals surface area contributed by atoms with Crippen LogP contribution in [0, 0.1) is 17.6 Å². The van der Waals surface area contributed by atoms with Crippen LogP contribution in [0.3, 0.4) is 0 Å². The van der Waals surface area contributed by atoms with E-state index in [-0.39, 0.29) is 24.8 Å². The number of benzene rings is 2. The Morgan fingerprint density at radius 1 is 0.926 bits per heavy atom. The first-order valence-electron chi connectivity index (χ1n) is 9.16. The molecule has 27 heavy (non-hydrogen) atoms. The molecule has 3 rings (SSSR count). The van der Waals surface area contributed by atoms with Crippen molar-refractivity contribution in [3.05, 3.63) is 65.7 Å². The van der Waals surface area contributed by atoms with Crippen LogP contribution in [0.4, 0.5) is 14.5 Å². The van der Waals surface area contributed by atoms with Gasteiger partial charge in [0.1, 0.15) is 0 Å². The van der Waals surface area contributed by atoms with Crippen molar-refractivity contribution in [3.8, 4) is 0 Å². The summed E-state index contributed by atoms with van der Waals surface area (Å²) in [4.78, 5) is 2.51. The fourth-order valence-corrected chi connectivity index (χ4v) is 3.50. The first-order valence-corrected chi connectivity index (χ1v) is 9.16. The van der Waals surface area contributed by atoms with Crippen molar-refractivity contribution in [2.24, 2.45) is 5.92 Å². The summed E-state index contributed by atoms with van der Waals surface area (Å²) >= 11 is 0. The van der Waals surface area contributed by atoms with Gasteiger partial charge in [-0.15, -0.1) is 24.8 Å². The predicted molar refractivity (Wildman–Crippen MR) is 113 cm³/mol. The molecule has 1 saturated heterocycles. The van der Waals surface area contributed by atoms with E-state index < -0.39 is 11.6 Å². The number of piperidine rings is 1. The Bertz CT molecular complexity index is 662. The van der Waals surface area contributed by atoms with Crippen molar-refractivity contribution in [1.82, 2.24) is 4.90 Å². The van der Waals surface area contributed by atoms with Crippen LogP contribution in [0.5, 0.6) is 0 Å². The Labute approximate surface area is 173 Å². The molecule has 0 saturated carbocycles. The zero-order chi connectivity index (χ0) is 17.5. The molecule has 0 aromatic heterocycles. The molecule has 0 radical (unpaired) electrons. The van der Waals surface area contributed by atoms with Gasteiger partial charge in [-0.05, 0) is 75.0 Å². The monoisotopic (exact) mass is 416 g/mol. The topological polar surface area (TPSA) is 15.3 Å². The van der Waals surface area contributed by atoms with E-state index in [0.29, 0.717) is 5.69 Å². The maximum absolute atomic E-state index is 13.1. The molecule has 1 aliphatic rings. The molecule has 0 atom stereocenters. The van der Waals surface area contributed by atoms with E-state index in [1.54, 1.807) is 6.07 Å². The summed E-state index contributed by atoms with van der Waals surface area (Å²) in [5, 5.41) is 3.16. The molecule has 150 valence electrons. The summed E-state index contributed by atoms with van der Waals surface area (Å²) in [5.41, 5.74) is 2.08. The lowest BCUT2D eigenvalue weighted by atomic mass is 9.90. The Morgan fingerprint density at radius 3 is 2.30 bits per heavy atom. The van der Waals surface area contributed by atoms with Gasteiger partial charge in [0.15, 0.2) is 11.6 Å². The van der Waals surface area contributed by atoms with Crippen molar-refractivity contribution in [2.45, 2.75) is 25.7 Å². The number of likely N-dealkylation sites (tertiary alicyclic amines) is 1. The lowest BCUT2D eigenvalue weighted by Gasteiger charge is -2.32. The Kier molecular flexibility index (Phi) is 10.7. The minimum Gasteiger partial charge on any atom is -0.385 e. The molecule has 0 unspecified atom stereocenters. The van der Waals surface area contributed by atoms with Gasteiger partial charge >= 0.3 is 0 Å². The molecule has 1 fully saturated rings. The standard InChI is InChI=1S/C21H26F2N2.2ClH/c22-20-8-7-19(16-21(20)23)24-11-4-12-25-13-9-18(10-14-25)15-17-5-2-1-3-6-17;;/h1-3,5-8,16,18,24H,4,9-15H2;2*1H. The van der Waals surface area contributed by atoms with E-state index in [1.807, 2.05) is 0 Å². The van der Waals surface area contributed by atoms with Crippen LogP contribution >= 0.6 is 24.8 Å². The SMILES string of the molecule is Cl.Cl.Fc1ccc(NCCCN2CCC(Cc3ccccc3)CC2)cc1F. The largest absolute Gasteiger partial charge is 0.385 e. The van der Waals surface area contributed by atoms with Gasteiger partial charge in [-0.1, -0.05) is 30.3 Å². The van der Waals surface area contributed by atoms with Crippen LogP contribution in [0.2, 0.25) is 0 Å². The molecule has 0 amide bonds. The normalized spacial score (nSPS) is 14.9. The van der Waals surface area contributed by atoms with Crippen LogP contribution < -0.4 is 5.32 Å². The maximum Gasteiger partial charge on any atom is 0.160 e. The van der Waals surface area contributed by atoms with Gasteiger partial charge in [0.25, 0.3) is 0 Å². The lowest BCUT2D eigenvalue weighted by Crippen LogP contribution is -2.35. The second-order valence-electron chi connectivity index (χ2n) is 6.88. The average molecular weight is 417 g/mol. The summed E-state index contributed by atoms with van der Waals surface area (Å²) < 4.78 is 26.0. The fourth-order valence-electron chi connectivity index (χ4n) is 3.50. The third kappa shape index (κ3) is 7.65. The average Bonchev–Trinajstić information content (AvgIpc) is 2.64. The summed E-state index contributed by atoms with van der Waals surface area (Å²) in [6.45, 7) is 4.13. The smallest absolute Gasteiger partial charge is 0.160 e. The minimum absolute atomic E-state index is 0. The molecule has 2 aromatic carbocycles. The van der Waals surface area contributed by atoms with Gasteiger partial charge in [-0.25, -0.2) is 8.78 Å². The minimum atomic E-state index is -0.802. The number of nitrogens with zero attached hydrogens (tertiary/aromatic N) is 1. The zero-order valence-electron chi connectivity index (χ0n) is 15.4. The quantitative estimate of drug-likeness (QED) is 0.593. The number of halogens is 4. The van der Waals surface area contributed by atoms with E-state index in [4.69, 9.17) is 0 Å². The van der Waals surface area contributed by atoms with Crippen LogP contribution in [0.25, 0.3) is 0 Å². The maximum atomic E-state index is 13.1. The molecule has 1 N–H and O–H groups in total. The summed E-state index contributed by atoms with van der Waals surface area (Å²) in [7, 11) is 0. The van der Waals surface area contributed by atoms with Crippen molar-refractivity contribution in [3.63, 3.8) is 0 Å². The summed E-state index contributed by atoms with van der Waals surface area (Å²) in [6.07, 6.45) is 4.70. The Balaban J connectivity index is 0.00000182. The van der Waals surface area contributed by atoms with Crippen LogP contribution in [0.15, 0.2) is 48.5 Å². The van der Waals surface area contributed by atoms with E-state index in [2.05, 4.69) is 40.5 Å². The van der Waals surface area contributed by atoms with Gasteiger partial charge < -0.3 is 10.2 Å². The lowest BCUT2D eigenvalue weighted by molar-refractivity contribution is 0.183. The van der Waals surface area contributed by atoms with E-state index in [1.165, 1.54) is 30.9 Å². The van der Waals surface area contributed by atoms with E-state index in [9.17, 15) is 8.78 Å². The molecule has 2 aromatic rings. The molecule has 1 heterocycles. The number of nitrogens with one attached hydrogen (secondary N) is 1. The molecule has 0 spiro atoms. The number of hydrogen-bond acceptors (Lipinski definition) is 2. The molecule has 6 heteroatoms. The van der Waals surface area contributed by atoms with Crippen molar-refractivity contribution in [2.75, 3.05) is 31.5 Å². The third-order valence-corrected chi connectivity index (χ3v) is 4.97. The van der Waals surface area contributed by atoms with E-state index >= 15 is 0 Å². The highest BCUT2D eigenvalue weighted by atomic mass is 35.5. The summed E-state index contributed by atoms with van der Waals surface area (Å²) in [6, 6.07) is 14.7. The van der Waals surface area contributed by atoms with Crippen molar-refractivity contribution < 1.29 is 8.78 Å². The number of hydrogen-bond donors (Lipinski definition) is 1. The molecule has 1 aliphatic heterocycles. The molecule has 0 bridgehead atoms. The second kappa shape index (κ2) is 12.2. The predicted octanol–water partition coefficient (Wildman–Crippen LogP) is 5.57. The zero-order valence-corrected chi connectivity index (χ0v) is 17.0. The van der Waals surface area contributed by atoms with Crippen molar-refractivity contribution in [1.29, 1.82) is 0 Å². The van der Waals surface area contributed by atoms with Gasteiger partial charge in [0.2, 0.25) is 0 Å². The summed E-state index contributed by atoms with van der Waals surface area (Å²) in [5.74, 6) is -0.812. The molecule has 0 aliphatic carbocycles. The van der Waals surface area contributed by atoms with Crippen LogP contribution in [-0.2, 0) is 6.42 Å². The third-order valence-electron chi connectivity index (χ3n) is 4.97. The van der Waals surface area contributed by atoms with Crippen molar-refractivity contribution >= 4 is 30.5 Å². The number of anilines is 1.